The van der Waals surface area contributed by atoms with E-state index < -0.39 is 0 Å². The van der Waals surface area contributed by atoms with Gasteiger partial charge in [-0.05, 0) is 59.2 Å². The molecule has 2 nitrogen and oxygen atoms in total. The molecule has 35 heavy (non-hydrogen) atoms. The van der Waals surface area contributed by atoms with Crippen molar-refractivity contribution in [1.82, 2.24) is 0 Å². The molecule has 174 valence electrons. The van der Waals surface area contributed by atoms with E-state index in [2.05, 4.69) is 56.3 Å². The SMILES string of the molecule is CC(C)c1ccc2c(c1)Cc1ccccc1S2.CCc1ccc2c(c1)C(=O)c1ccccc1C2=O. The van der Waals surface area contributed by atoms with Crippen molar-refractivity contribution in [3.05, 3.63) is 129 Å². The van der Waals surface area contributed by atoms with Crippen LogP contribution in [0, 0.1) is 0 Å². The van der Waals surface area contributed by atoms with Gasteiger partial charge < -0.3 is 0 Å². The first kappa shape index (κ1) is 23.3. The van der Waals surface area contributed by atoms with Gasteiger partial charge in [0.25, 0.3) is 0 Å². The molecule has 6 rings (SSSR count). The van der Waals surface area contributed by atoms with Crippen LogP contribution < -0.4 is 0 Å². The van der Waals surface area contributed by atoms with Gasteiger partial charge in [-0.3, -0.25) is 9.59 Å². The number of hydrogen-bond donors (Lipinski definition) is 0. The quantitative estimate of drug-likeness (QED) is 0.255. The highest BCUT2D eigenvalue weighted by molar-refractivity contribution is 7.99. The highest BCUT2D eigenvalue weighted by Gasteiger charge is 2.29. The van der Waals surface area contributed by atoms with E-state index in [-0.39, 0.29) is 11.6 Å². The first-order valence-electron chi connectivity index (χ1n) is 12.2. The molecule has 2 aliphatic rings. The van der Waals surface area contributed by atoms with Crippen molar-refractivity contribution in [3.63, 3.8) is 0 Å². The number of aryl methyl sites for hydroxylation is 1. The first-order valence-corrected chi connectivity index (χ1v) is 13.0. The summed E-state index contributed by atoms with van der Waals surface area (Å²) in [7, 11) is 0. The third-order valence-electron chi connectivity index (χ3n) is 6.72. The third kappa shape index (κ3) is 4.49. The van der Waals surface area contributed by atoms with Crippen molar-refractivity contribution in [2.45, 2.75) is 49.3 Å². The summed E-state index contributed by atoms with van der Waals surface area (Å²) in [6.07, 6.45) is 1.94. The van der Waals surface area contributed by atoms with Crippen LogP contribution >= 0.6 is 11.8 Å². The molecule has 0 bridgehead atoms. The lowest BCUT2D eigenvalue weighted by Crippen LogP contribution is -2.20. The minimum Gasteiger partial charge on any atom is -0.289 e. The summed E-state index contributed by atoms with van der Waals surface area (Å²) in [5.74, 6) is 0.515. The van der Waals surface area contributed by atoms with Gasteiger partial charge in [0.2, 0.25) is 0 Å². The lowest BCUT2D eigenvalue weighted by atomic mass is 9.83. The van der Waals surface area contributed by atoms with Gasteiger partial charge in [-0.2, -0.15) is 0 Å². The normalized spacial score (nSPS) is 13.3. The van der Waals surface area contributed by atoms with Crippen LogP contribution in [0.25, 0.3) is 0 Å². The van der Waals surface area contributed by atoms with Gasteiger partial charge >= 0.3 is 0 Å². The zero-order valence-electron chi connectivity index (χ0n) is 20.3. The second-order valence-corrected chi connectivity index (χ2v) is 10.4. The fraction of sp³-hybridized carbons (Fsp3) is 0.188. The van der Waals surface area contributed by atoms with Crippen LogP contribution in [0.3, 0.4) is 0 Å². The monoisotopic (exact) mass is 476 g/mol. The van der Waals surface area contributed by atoms with Crippen LogP contribution in [0.5, 0.6) is 0 Å². The van der Waals surface area contributed by atoms with E-state index in [1.54, 1.807) is 30.3 Å². The Hall–Kier alpha value is -3.43. The van der Waals surface area contributed by atoms with Crippen LogP contribution in [0.15, 0.2) is 94.7 Å². The Morgan fingerprint density at radius 1 is 0.686 bits per heavy atom. The maximum Gasteiger partial charge on any atom is 0.194 e. The standard InChI is InChI=1S/C16H12O2.C16H16S/c1-2-10-7-8-13-14(9-10)16(18)12-6-4-3-5-11(12)15(13)17;1-11(2)12-7-8-16-14(9-12)10-13-5-3-4-6-15(13)17-16/h3-9H,2H2,1H3;3-9,11H,10H2,1-2H3. The lowest BCUT2D eigenvalue weighted by Gasteiger charge is -2.20. The predicted molar refractivity (Wildman–Crippen MR) is 143 cm³/mol. The van der Waals surface area contributed by atoms with Gasteiger partial charge in [-0.25, -0.2) is 0 Å². The van der Waals surface area contributed by atoms with Crippen molar-refractivity contribution in [3.8, 4) is 0 Å². The summed E-state index contributed by atoms with van der Waals surface area (Å²) < 4.78 is 0. The van der Waals surface area contributed by atoms with Crippen LogP contribution in [0.4, 0.5) is 0 Å². The molecule has 1 heterocycles. The van der Waals surface area contributed by atoms with Gasteiger partial charge in [0.05, 0.1) is 0 Å². The predicted octanol–water partition coefficient (Wildman–Crippen LogP) is 7.89. The number of rotatable bonds is 2. The largest absolute Gasteiger partial charge is 0.289 e. The Morgan fingerprint density at radius 3 is 2.03 bits per heavy atom. The zero-order valence-corrected chi connectivity index (χ0v) is 21.1. The number of carbonyl (C=O) groups is 2. The van der Waals surface area contributed by atoms with E-state index in [0.717, 1.165) is 18.4 Å². The molecular formula is C32H28O2S. The smallest absolute Gasteiger partial charge is 0.194 e. The van der Waals surface area contributed by atoms with Gasteiger partial charge in [-0.1, -0.05) is 99.3 Å². The fourth-order valence-electron chi connectivity index (χ4n) is 4.64. The van der Waals surface area contributed by atoms with Crippen molar-refractivity contribution < 1.29 is 9.59 Å². The second kappa shape index (κ2) is 9.67. The van der Waals surface area contributed by atoms with E-state index in [4.69, 9.17) is 0 Å². The third-order valence-corrected chi connectivity index (χ3v) is 7.96. The molecule has 0 fully saturated rings. The molecule has 0 atom stereocenters. The number of ketones is 2. The Bertz CT molecular complexity index is 1450. The Balaban J connectivity index is 0.000000145. The summed E-state index contributed by atoms with van der Waals surface area (Å²) >= 11 is 1.90. The van der Waals surface area contributed by atoms with Gasteiger partial charge in [0, 0.05) is 32.0 Å². The first-order chi connectivity index (χ1) is 17.0. The molecule has 0 saturated heterocycles. The maximum absolute atomic E-state index is 12.4. The van der Waals surface area contributed by atoms with Gasteiger partial charge in [0.15, 0.2) is 11.6 Å². The highest BCUT2D eigenvalue weighted by atomic mass is 32.2. The molecule has 0 aromatic heterocycles. The van der Waals surface area contributed by atoms with Crippen molar-refractivity contribution in [2.75, 3.05) is 0 Å². The van der Waals surface area contributed by atoms with E-state index in [9.17, 15) is 9.59 Å². The average molecular weight is 477 g/mol. The highest BCUT2D eigenvalue weighted by Crippen LogP contribution is 2.40. The molecular weight excluding hydrogens is 448 g/mol. The molecule has 3 heteroatoms. The number of carbonyl (C=O) groups excluding carboxylic acids is 2. The topological polar surface area (TPSA) is 34.1 Å². The van der Waals surface area contributed by atoms with E-state index in [1.165, 1.54) is 26.5 Å². The molecule has 0 unspecified atom stereocenters. The summed E-state index contributed by atoms with van der Waals surface area (Å²) in [5.41, 5.74) is 7.57. The summed E-state index contributed by atoms with van der Waals surface area (Å²) in [6, 6.07) is 28.2. The molecule has 0 saturated carbocycles. The van der Waals surface area contributed by atoms with Gasteiger partial charge in [-0.15, -0.1) is 0 Å². The second-order valence-electron chi connectivity index (χ2n) is 9.35. The Morgan fingerprint density at radius 2 is 1.31 bits per heavy atom. The molecule has 4 aromatic rings. The van der Waals surface area contributed by atoms with Crippen LogP contribution in [0.1, 0.15) is 80.8 Å². The molecule has 0 N–H and O–H groups in total. The van der Waals surface area contributed by atoms with Crippen LogP contribution in [-0.4, -0.2) is 11.6 Å². The summed E-state index contributed by atoms with van der Waals surface area (Å²) in [4.78, 5) is 27.5. The van der Waals surface area contributed by atoms with Crippen LogP contribution in [0.2, 0.25) is 0 Å². The Labute approximate surface area is 211 Å². The Kier molecular flexibility index (Phi) is 6.44. The molecule has 1 aliphatic heterocycles. The van der Waals surface area contributed by atoms with E-state index in [0.29, 0.717) is 28.2 Å². The number of fused-ring (bicyclic) bond motifs is 4. The van der Waals surface area contributed by atoms with Crippen LogP contribution in [-0.2, 0) is 12.8 Å². The molecule has 0 radical (unpaired) electrons. The number of hydrogen-bond acceptors (Lipinski definition) is 3. The minimum absolute atomic E-state index is 0.0458. The molecule has 1 aliphatic carbocycles. The fourth-order valence-corrected chi connectivity index (χ4v) is 5.69. The van der Waals surface area contributed by atoms with Gasteiger partial charge in [0.1, 0.15) is 0 Å². The molecule has 0 amide bonds. The van der Waals surface area contributed by atoms with Crippen molar-refractivity contribution in [1.29, 1.82) is 0 Å². The minimum atomic E-state index is -0.0529. The van der Waals surface area contributed by atoms with E-state index in [1.807, 2.05) is 30.8 Å². The van der Waals surface area contributed by atoms with Crippen molar-refractivity contribution >= 4 is 23.3 Å². The average Bonchev–Trinajstić information content (AvgIpc) is 2.90. The molecule has 4 aromatic carbocycles. The molecule has 0 spiro atoms. The lowest BCUT2D eigenvalue weighted by molar-refractivity contribution is 0.0979. The van der Waals surface area contributed by atoms with E-state index >= 15 is 0 Å². The maximum atomic E-state index is 12.4. The number of benzene rings is 4. The summed E-state index contributed by atoms with van der Waals surface area (Å²) in [6.45, 7) is 6.54. The summed E-state index contributed by atoms with van der Waals surface area (Å²) in [5, 5.41) is 0. The van der Waals surface area contributed by atoms with Crippen molar-refractivity contribution in [2.24, 2.45) is 0 Å². The zero-order chi connectivity index (χ0) is 24.5.